The van der Waals surface area contributed by atoms with E-state index >= 15 is 0 Å². The van der Waals surface area contributed by atoms with E-state index in [0.717, 1.165) is 33.4 Å². The summed E-state index contributed by atoms with van der Waals surface area (Å²) in [4.78, 5) is 8.05. The molecule has 6 aromatic carbocycles. The summed E-state index contributed by atoms with van der Waals surface area (Å²) in [6, 6.07) is 47.6. The van der Waals surface area contributed by atoms with Gasteiger partial charge in [-0.3, -0.25) is 0 Å². The number of hydrogen-bond acceptors (Lipinski definition) is 11. The zero-order valence-electron chi connectivity index (χ0n) is 44.4. The molecule has 2 unspecified atom stereocenters. The second-order valence-corrected chi connectivity index (χ2v) is 22.1. The Bertz CT molecular complexity index is 4010. The minimum Gasteiger partial charge on any atom is -0.741 e. The molecule has 9 aromatic rings. The van der Waals surface area contributed by atoms with Gasteiger partial charge in [0.25, 0.3) is 0 Å². The normalized spacial score (nSPS) is 20.6. The highest BCUT2D eigenvalue weighted by atomic mass is 35.5. The lowest BCUT2D eigenvalue weighted by molar-refractivity contribution is -0.686. The topological polar surface area (TPSA) is 211 Å². The fraction of sp³-hybridized carbons (Fsp3) is 0.180. The van der Waals surface area contributed by atoms with Gasteiger partial charge in [-0.2, -0.15) is 29.0 Å². The summed E-state index contributed by atoms with van der Waals surface area (Å²) in [6.45, 7) is 5.51. The van der Waals surface area contributed by atoms with Crippen LogP contribution in [0, 0.1) is 51.4 Å². The molecule has 3 aliphatic heterocycles. The second-order valence-electron chi connectivity index (χ2n) is 19.5. The number of aromatic nitrogens is 6. The highest BCUT2D eigenvalue weighted by molar-refractivity contribution is 7.86. The fourth-order valence-corrected chi connectivity index (χ4v) is 10.5. The average molecular weight is 1250 g/mol. The van der Waals surface area contributed by atoms with Crippen LogP contribution in [0.3, 0.4) is 0 Å². The molecular formula is C61H44Cl3F6N9O6S. The molecule has 0 spiro atoms. The van der Waals surface area contributed by atoms with E-state index in [2.05, 4.69) is 34.8 Å². The van der Waals surface area contributed by atoms with Gasteiger partial charge >= 0.3 is 5.51 Å². The Hall–Kier alpha value is -8.60. The monoisotopic (exact) mass is 1250 g/mol. The summed E-state index contributed by atoms with van der Waals surface area (Å²) in [5.41, 5.74) is -1.31. The standard InChI is InChI=1S/C22H18ClFN3O.2C19H13ClFN3O.CHF3O3S/c1-2-11-26-13-18(12-25)27(15-26)14-22(16-7-9-17(24)10-8-16)21(28-22)19-5-3-4-6-20(19)23;2*20-17-4-2-1-3-16(17)18-19(25-18,13-5-7-14(21)8-6-13)11-24-12-23-10-15(24)9-22;2-1(3,4)8(5,6)7/h2-10,13,15,21H,1,11,14H2;2*1-8,10,12,18H,11H2;(H,5,6,7)/q+1;;;/p-1/t;18-,19+;18-,19-;/m.01./s1. The zero-order chi connectivity index (χ0) is 61.6. The van der Waals surface area contributed by atoms with E-state index in [1.54, 1.807) is 70.5 Å². The molecule has 3 saturated heterocycles. The van der Waals surface area contributed by atoms with Gasteiger partial charge in [-0.15, -0.1) is 0 Å². The molecule has 15 nitrogen and oxygen atoms in total. The molecule has 0 bridgehead atoms. The smallest absolute Gasteiger partial charge is 0.485 e. The SMILES string of the molecule is C=CC[n+]1cc(C#N)n(CC2(c3ccc(F)cc3)OC2c2ccccc2Cl)c1.N#Cc1cncn1C[C@]1(c2ccc(F)cc2)O[C@@H]1c1ccccc1Cl.N#Cc1cncn1C[C@]1(c2ccc(F)cc2)O[C@H]1c1ccccc1Cl.O=S(=O)([O-])C(F)(F)F. The quantitative estimate of drug-likeness (QED) is 0.0250. The van der Waals surface area contributed by atoms with Crippen LogP contribution in [0.15, 0.2) is 196 Å². The Morgan fingerprint density at radius 2 is 0.884 bits per heavy atom. The highest BCUT2D eigenvalue weighted by Gasteiger charge is 2.62. The zero-order valence-corrected chi connectivity index (χ0v) is 47.5. The van der Waals surface area contributed by atoms with E-state index in [9.17, 15) is 42.1 Å². The Balaban J connectivity index is 0.000000145. The van der Waals surface area contributed by atoms with Crippen LogP contribution in [0.5, 0.6) is 0 Å². The lowest BCUT2D eigenvalue weighted by Gasteiger charge is -2.16. The maximum Gasteiger partial charge on any atom is 0.485 e. The molecule has 3 aromatic heterocycles. The Kier molecular flexibility index (Phi) is 18.4. The second kappa shape index (κ2) is 25.5. The third-order valence-corrected chi connectivity index (χ3v) is 15.7. The van der Waals surface area contributed by atoms with E-state index in [0.29, 0.717) is 58.3 Å². The van der Waals surface area contributed by atoms with Crippen molar-refractivity contribution in [3.63, 3.8) is 0 Å². The number of alkyl halides is 3. The Labute approximate surface area is 503 Å². The van der Waals surface area contributed by atoms with E-state index in [-0.39, 0.29) is 35.8 Å². The minimum absolute atomic E-state index is 0.277. The molecule has 0 saturated carbocycles. The number of epoxide rings is 3. The lowest BCUT2D eigenvalue weighted by atomic mass is 9.91. The Morgan fingerprint density at radius 1 is 0.570 bits per heavy atom. The van der Waals surface area contributed by atoms with Crippen molar-refractivity contribution in [1.82, 2.24) is 23.7 Å². The van der Waals surface area contributed by atoms with E-state index in [1.165, 1.54) is 48.8 Å². The molecule has 0 radical (unpaired) electrons. The molecule has 86 heavy (non-hydrogen) atoms. The van der Waals surface area contributed by atoms with Crippen molar-refractivity contribution < 1.29 is 58.1 Å². The van der Waals surface area contributed by atoms with Crippen molar-refractivity contribution >= 4 is 44.9 Å². The summed E-state index contributed by atoms with van der Waals surface area (Å²) in [6.07, 6.45) is 10.8. The van der Waals surface area contributed by atoms with Gasteiger partial charge in [0.2, 0.25) is 12.0 Å². The van der Waals surface area contributed by atoms with Gasteiger partial charge in [0.15, 0.2) is 15.7 Å². The van der Waals surface area contributed by atoms with Crippen LogP contribution in [0.4, 0.5) is 26.3 Å². The molecule has 3 fully saturated rings. The predicted molar refractivity (Wildman–Crippen MR) is 299 cm³/mol. The van der Waals surface area contributed by atoms with Crippen LogP contribution < -0.4 is 4.57 Å². The molecule has 12 rings (SSSR count). The van der Waals surface area contributed by atoms with Crippen LogP contribution in [-0.2, 0) is 67.3 Å². The first kappa shape index (κ1) is 61.9. The summed E-state index contributed by atoms with van der Waals surface area (Å²) in [7, 11) is -6.09. The molecular weight excluding hydrogens is 1210 g/mol. The van der Waals surface area contributed by atoms with Crippen molar-refractivity contribution in [1.29, 1.82) is 15.8 Å². The maximum absolute atomic E-state index is 13.5. The minimum atomic E-state index is -6.09. The molecule has 0 aliphatic carbocycles. The number of hydrogen-bond donors (Lipinski definition) is 0. The van der Waals surface area contributed by atoms with Crippen molar-refractivity contribution in [2.75, 3.05) is 0 Å². The predicted octanol–water partition coefficient (Wildman–Crippen LogP) is 12.8. The molecule has 6 heterocycles. The number of nitrogens with zero attached hydrogens (tertiary/aromatic N) is 9. The van der Waals surface area contributed by atoms with Gasteiger partial charge < -0.3 is 27.9 Å². The number of nitriles is 3. The molecule has 3 aliphatic rings. The molecule has 0 amide bonds. The molecule has 0 N–H and O–H groups in total. The van der Waals surface area contributed by atoms with Gasteiger partial charge in [0.1, 0.15) is 95.8 Å². The number of allylic oxidation sites excluding steroid dienone is 1. The number of benzene rings is 6. The number of ether oxygens (including phenoxy) is 3. The van der Waals surface area contributed by atoms with Crippen molar-refractivity contribution in [2.45, 2.75) is 66.8 Å². The highest BCUT2D eigenvalue weighted by Crippen LogP contribution is 2.61. The Morgan fingerprint density at radius 3 is 1.17 bits per heavy atom. The summed E-state index contributed by atoms with van der Waals surface area (Å²) < 4.78 is 125. The summed E-state index contributed by atoms with van der Waals surface area (Å²) in [5.74, 6) is -0.931. The van der Waals surface area contributed by atoms with Crippen molar-refractivity contribution in [3.8, 4) is 18.2 Å². The van der Waals surface area contributed by atoms with Gasteiger partial charge in [-0.25, -0.2) is 40.7 Å². The van der Waals surface area contributed by atoms with Crippen molar-refractivity contribution in [2.24, 2.45) is 0 Å². The van der Waals surface area contributed by atoms with Gasteiger partial charge in [-0.05, 0) is 71.3 Å². The largest absolute Gasteiger partial charge is 0.741 e. The molecule has 6 atom stereocenters. The first-order valence-electron chi connectivity index (χ1n) is 25.6. The number of imidazole rings is 3. The maximum atomic E-state index is 13.5. The summed E-state index contributed by atoms with van der Waals surface area (Å²) in [5, 5.41) is 29.8. The number of halogens is 9. The van der Waals surface area contributed by atoms with Crippen LogP contribution in [0.2, 0.25) is 15.1 Å². The van der Waals surface area contributed by atoms with Crippen LogP contribution in [-0.4, -0.2) is 42.1 Å². The van der Waals surface area contributed by atoms with E-state index in [4.69, 9.17) is 62.0 Å². The summed E-state index contributed by atoms with van der Waals surface area (Å²) >= 11 is 19.0. The molecule has 438 valence electrons. The third kappa shape index (κ3) is 13.4. The molecule has 25 heteroatoms. The lowest BCUT2D eigenvalue weighted by Crippen LogP contribution is -2.30. The van der Waals surface area contributed by atoms with Gasteiger partial charge in [0, 0.05) is 31.8 Å². The first-order valence-corrected chi connectivity index (χ1v) is 28.1. The van der Waals surface area contributed by atoms with E-state index < -0.39 is 32.4 Å². The average Bonchev–Trinajstić information content (AvgIpc) is 1.59. The van der Waals surface area contributed by atoms with Gasteiger partial charge in [0.05, 0.1) is 38.1 Å². The van der Waals surface area contributed by atoms with Gasteiger partial charge in [-0.1, -0.05) is 138 Å². The van der Waals surface area contributed by atoms with Crippen LogP contribution in [0.25, 0.3) is 0 Å². The van der Waals surface area contributed by atoms with Crippen molar-refractivity contribution in [3.05, 3.63) is 279 Å². The number of rotatable bonds is 14. The van der Waals surface area contributed by atoms with E-state index in [1.807, 2.05) is 88.3 Å². The third-order valence-electron chi connectivity index (χ3n) is 14.1. The van der Waals surface area contributed by atoms with Crippen LogP contribution >= 0.6 is 34.8 Å². The first-order chi connectivity index (χ1) is 41.1. The van der Waals surface area contributed by atoms with Crippen LogP contribution in [0.1, 0.15) is 68.8 Å². The fourth-order valence-electron chi connectivity index (χ4n) is 9.84.